The Morgan fingerprint density at radius 3 is 2.57 bits per heavy atom. The van der Waals surface area contributed by atoms with Gasteiger partial charge in [0.15, 0.2) is 0 Å². The SMILES string of the molecule is CCOC(=O)c1c(OCc2ccc(OC)cc2)cc(Cl)nc1C. The molecule has 0 unspecified atom stereocenters. The molecule has 0 bridgehead atoms. The van der Waals surface area contributed by atoms with E-state index in [4.69, 9.17) is 25.8 Å². The summed E-state index contributed by atoms with van der Waals surface area (Å²) in [4.78, 5) is 16.2. The molecular formula is C17H18ClNO4. The van der Waals surface area contributed by atoms with Crippen LogP contribution in [0, 0.1) is 6.92 Å². The fourth-order valence-corrected chi connectivity index (χ4v) is 2.28. The first kappa shape index (κ1) is 17.1. The van der Waals surface area contributed by atoms with Gasteiger partial charge in [0, 0.05) is 6.07 Å². The number of carbonyl (C=O) groups excluding carboxylic acids is 1. The van der Waals surface area contributed by atoms with Gasteiger partial charge in [-0.05, 0) is 31.5 Å². The summed E-state index contributed by atoms with van der Waals surface area (Å²) in [7, 11) is 1.61. The summed E-state index contributed by atoms with van der Waals surface area (Å²) in [6.07, 6.45) is 0. The van der Waals surface area contributed by atoms with Crippen LogP contribution in [0.1, 0.15) is 28.5 Å². The van der Waals surface area contributed by atoms with Gasteiger partial charge in [-0.25, -0.2) is 9.78 Å². The lowest BCUT2D eigenvalue weighted by Gasteiger charge is -2.13. The second-order valence-corrected chi connectivity index (χ2v) is 5.15. The molecule has 2 aromatic rings. The van der Waals surface area contributed by atoms with E-state index in [1.807, 2.05) is 24.3 Å². The molecule has 0 spiro atoms. The summed E-state index contributed by atoms with van der Waals surface area (Å²) in [6, 6.07) is 8.98. The first-order valence-corrected chi connectivity index (χ1v) is 7.53. The number of aromatic nitrogens is 1. The molecule has 1 aromatic carbocycles. The van der Waals surface area contributed by atoms with E-state index in [0.29, 0.717) is 17.0 Å². The third kappa shape index (κ3) is 4.36. The van der Waals surface area contributed by atoms with Gasteiger partial charge in [0.1, 0.15) is 28.8 Å². The fourth-order valence-electron chi connectivity index (χ4n) is 2.06. The van der Waals surface area contributed by atoms with E-state index in [-0.39, 0.29) is 18.4 Å². The molecular weight excluding hydrogens is 318 g/mol. The average molecular weight is 336 g/mol. The molecule has 0 amide bonds. The number of halogens is 1. The molecule has 5 nitrogen and oxygen atoms in total. The van der Waals surface area contributed by atoms with Gasteiger partial charge in [-0.2, -0.15) is 0 Å². The highest BCUT2D eigenvalue weighted by atomic mass is 35.5. The van der Waals surface area contributed by atoms with Crippen LogP contribution in [-0.4, -0.2) is 24.7 Å². The number of benzene rings is 1. The number of methoxy groups -OCH3 is 1. The average Bonchev–Trinajstić information content (AvgIpc) is 2.53. The highest BCUT2D eigenvalue weighted by Gasteiger charge is 2.19. The lowest BCUT2D eigenvalue weighted by Crippen LogP contribution is -2.11. The molecule has 0 N–H and O–H groups in total. The van der Waals surface area contributed by atoms with Crippen LogP contribution < -0.4 is 9.47 Å². The van der Waals surface area contributed by atoms with Gasteiger partial charge in [0.2, 0.25) is 0 Å². The highest BCUT2D eigenvalue weighted by molar-refractivity contribution is 6.29. The summed E-state index contributed by atoms with van der Waals surface area (Å²) in [6.45, 7) is 4.00. The number of pyridine rings is 1. The van der Waals surface area contributed by atoms with Crippen molar-refractivity contribution in [3.05, 3.63) is 52.3 Å². The number of nitrogens with zero attached hydrogens (tertiary/aromatic N) is 1. The van der Waals surface area contributed by atoms with Gasteiger partial charge >= 0.3 is 5.97 Å². The van der Waals surface area contributed by atoms with E-state index < -0.39 is 5.97 Å². The van der Waals surface area contributed by atoms with Crippen LogP contribution in [0.15, 0.2) is 30.3 Å². The predicted molar refractivity (Wildman–Crippen MR) is 87.3 cm³/mol. The second-order valence-electron chi connectivity index (χ2n) is 4.76. The van der Waals surface area contributed by atoms with Gasteiger partial charge in [0.05, 0.1) is 19.4 Å². The monoisotopic (exact) mass is 335 g/mol. The van der Waals surface area contributed by atoms with Crippen molar-refractivity contribution in [2.24, 2.45) is 0 Å². The normalized spacial score (nSPS) is 10.3. The van der Waals surface area contributed by atoms with E-state index in [1.54, 1.807) is 21.0 Å². The zero-order valence-electron chi connectivity index (χ0n) is 13.3. The van der Waals surface area contributed by atoms with Crippen LogP contribution >= 0.6 is 11.6 Å². The minimum Gasteiger partial charge on any atom is -0.497 e. The number of aryl methyl sites for hydroxylation is 1. The molecule has 1 aromatic heterocycles. The van der Waals surface area contributed by atoms with Crippen molar-refractivity contribution in [1.29, 1.82) is 0 Å². The van der Waals surface area contributed by atoms with Gasteiger partial charge in [-0.15, -0.1) is 0 Å². The number of esters is 1. The minimum absolute atomic E-state index is 0.264. The third-order valence-corrected chi connectivity index (χ3v) is 3.36. The zero-order chi connectivity index (χ0) is 16.8. The Morgan fingerprint density at radius 2 is 1.96 bits per heavy atom. The summed E-state index contributed by atoms with van der Waals surface area (Å²) in [5, 5.41) is 0.264. The molecule has 0 aliphatic heterocycles. The Bertz CT molecular complexity index is 686. The Hall–Kier alpha value is -2.27. The van der Waals surface area contributed by atoms with Crippen molar-refractivity contribution in [3.63, 3.8) is 0 Å². The van der Waals surface area contributed by atoms with Crippen LogP contribution in [0.5, 0.6) is 11.5 Å². The second kappa shape index (κ2) is 7.83. The number of hydrogen-bond donors (Lipinski definition) is 0. The van der Waals surface area contributed by atoms with Crippen molar-refractivity contribution in [2.45, 2.75) is 20.5 Å². The van der Waals surface area contributed by atoms with Gasteiger partial charge in [0.25, 0.3) is 0 Å². The first-order valence-electron chi connectivity index (χ1n) is 7.15. The quantitative estimate of drug-likeness (QED) is 0.593. The summed E-state index contributed by atoms with van der Waals surface area (Å²) in [5.74, 6) is 0.652. The van der Waals surface area contributed by atoms with Gasteiger partial charge in [-0.1, -0.05) is 23.7 Å². The molecule has 0 aliphatic rings. The van der Waals surface area contributed by atoms with Gasteiger partial charge < -0.3 is 14.2 Å². The Balaban J connectivity index is 2.22. The standard InChI is InChI=1S/C17H18ClNO4/c1-4-22-17(20)16-11(2)19-15(18)9-14(16)23-10-12-5-7-13(21-3)8-6-12/h5-9H,4,10H2,1-3H3. The lowest BCUT2D eigenvalue weighted by molar-refractivity contribution is 0.0519. The number of rotatable bonds is 6. The maximum atomic E-state index is 12.1. The van der Waals surface area contributed by atoms with Crippen LogP contribution in [0.25, 0.3) is 0 Å². The van der Waals surface area contributed by atoms with Crippen LogP contribution in [0.4, 0.5) is 0 Å². The van der Waals surface area contributed by atoms with Crippen molar-refractivity contribution in [2.75, 3.05) is 13.7 Å². The van der Waals surface area contributed by atoms with E-state index in [0.717, 1.165) is 11.3 Å². The molecule has 0 saturated carbocycles. The van der Waals surface area contributed by atoms with Crippen LogP contribution in [0.3, 0.4) is 0 Å². The first-order chi connectivity index (χ1) is 11.0. The van der Waals surface area contributed by atoms with Crippen LogP contribution in [0.2, 0.25) is 5.15 Å². The van der Waals surface area contributed by atoms with E-state index in [2.05, 4.69) is 4.98 Å². The smallest absolute Gasteiger partial charge is 0.343 e. The predicted octanol–water partition coefficient (Wildman–Crippen LogP) is 3.81. The highest BCUT2D eigenvalue weighted by Crippen LogP contribution is 2.26. The zero-order valence-corrected chi connectivity index (χ0v) is 14.0. The maximum Gasteiger partial charge on any atom is 0.343 e. The maximum absolute atomic E-state index is 12.1. The molecule has 1 heterocycles. The summed E-state index contributed by atoms with van der Waals surface area (Å²) >= 11 is 5.97. The Kier molecular flexibility index (Phi) is 5.82. The molecule has 0 aliphatic carbocycles. The lowest BCUT2D eigenvalue weighted by atomic mass is 10.2. The van der Waals surface area contributed by atoms with Crippen molar-refractivity contribution >= 4 is 17.6 Å². The molecule has 23 heavy (non-hydrogen) atoms. The largest absolute Gasteiger partial charge is 0.497 e. The Morgan fingerprint density at radius 1 is 1.26 bits per heavy atom. The molecule has 0 saturated heterocycles. The minimum atomic E-state index is -0.473. The summed E-state index contributed by atoms with van der Waals surface area (Å²) in [5.41, 5.74) is 1.71. The van der Waals surface area contributed by atoms with E-state index in [9.17, 15) is 4.79 Å². The van der Waals surface area contributed by atoms with Crippen molar-refractivity contribution < 1.29 is 19.0 Å². The number of carbonyl (C=O) groups is 1. The van der Waals surface area contributed by atoms with Crippen molar-refractivity contribution in [1.82, 2.24) is 4.98 Å². The molecule has 122 valence electrons. The molecule has 0 radical (unpaired) electrons. The molecule has 6 heteroatoms. The number of ether oxygens (including phenoxy) is 3. The van der Waals surface area contributed by atoms with Crippen molar-refractivity contribution in [3.8, 4) is 11.5 Å². The topological polar surface area (TPSA) is 57.7 Å². The Labute approximate surface area is 140 Å². The molecule has 0 atom stereocenters. The molecule has 0 fully saturated rings. The van der Waals surface area contributed by atoms with E-state index in [1.165, 1.54) is 6.07 Å². The third-order valence-electron chi connectivity index (χ3n) is 3.17. The number of hydrogen-bond acceptors (Lipinski definition) is 5. The summed E-state index contributed by atoms with van der Waals surface area (Å²) < 4.78 is 15.9. The molecule has 2 rings (SSSR count). The van der Waals surface area contributed by atoms with Gasteiger partial charge in [-0.3, -0.25) is 0 Å². The van der Waals surface area contributed by atoms with Crippen LogP contribution in [-0.2, 0) is 11.3 Å². The fraction of sp³-hybridized carbons (Fsp3) is 0.294. The van der Waals surface area contributed by atoms with E-state index >= 15 is 0 Å².